The molecule has 0 spiro atoms. The van der Waals surface area contributed by atoms with Crippen molar-refractivity contribution in [1.82, 2.24) is 10.3 Å². The van der Waals surface area contributed by atoms with Crippen molar-refractivity contribution >= 4 is 46.6 Å². The Labute approximate surface area is 185 Å². The number of fused-ring (bicyclic) bond motifs is 1. The minimum absolute atomic E-state index is 0.00969. The maximum Gasteiger partial charge on any atom is 0.318 e. The van der Waals surface area contributed by atoms with Crippen molar-refractivity contribution in [1.29, 1.82) is 0 Å². The number of H-pyrrole nitrogens is 1. The molecule has 1 aromatic heterocycles. The highest BCUT2D eigenvalue weighted by Gasteiger charge is 2.34. The number of hydrogen-bond donors (Lipinski definition) is 3. The van der Waals surface area contributed by atoms with E-state index in [0.29, 0.717) is 30.2 Å². The number of hydrogen-bond acceptors (Lipinski definition) is 3. The molecule has 31 heavy (non-hydrogen) atoms. The molecule has 2 saturated carbocycles. The molecule has 2 aromatic rings. The third-order valence-corrected chi connectivity index (χ3v) is 7.03. The molecule has 7 nitrogen and oxygen atoms in total. The van der Waals surface area contributed by atoms with Crippen molar-refractivity contribution in [2.24, 2.45) is 28.5 Å². The van der Waals surface area contributed by atoms with Crippen molar-refractivity contribution in [3.63, 3.8) is 0 Å². The van der Waals surface area contributed by atoms with Gasteiger partial charge < -0.3 is 10.7 Å². The molecule has 4 amide bonds. The number of halogens is 1. The molecule has 2 aliphatic rings. The lowest BCUT2D eigenvalue weighted by atomic mass is 9.85. The minimum Gasteiger partial charge on any atom is -0.361 e. The van der Waals surface area contributed by atoms with Crippen LogP contribution < -0.4 is 11.1 Å². The van der Waals surface area contributed by atoms with Gasteiger partial charge in [0, 0.05) is 41.1 Å². The number of imide groups is 1. The van der Waals surface area contributed by atoms with Gasteiger partial charge in [0.25, 0.3) is 0 Å². The van der Waals surface area contributed by atoms with E-state index in [1.807, 2.05) is 24.4 Å². The van der Waals surface area contributed by atoms with Crippen LogP contribution in [0.2, 0.25) is 5.02 Å². The van der Waals surface area contributed by atoms with Crippen LogP contribution in [-0.4, -0.2) is 29.0 Å². The number of aromatic nitrogens is 1. The van der Waals surface area contributed by atoms with E-state index in [9.17, 15) is 14.4 Å². The Morgan fingerprint density at radius 3 is 2.65 bits per heavy atom. The fraction of sp³-hybridized carbons (Fsp3) is 0.478. The lowest BCUT2D eigenvalue weighted by molar-refractivity contribution is -0.124. The fourth-order valence-electron chi connectivity index (χ4n) is 5.13. The summed E-state index contributed by atoms with van der Waals surface area (Å²) in [7, 11) is 0. The van der Waals surface area contributed by atoms with Crippen molar-refractivity contribution < 1.29 is 14.4 Å². The predicted octanol–water partition coefficient (Wildman–Crippen LogP) is 4.30. The van der Waals surface area contributed by atoms with Gasteiger partial charge in [0.1, 0.15) is 0 Å². The number of benzene rings is 1. The Hall–Kier alpha value is -2.67. The van der Waals surface area contributed by atoms with Crippen LogP contribution in [0.15, 0.2) is 29.4 Å². The first-order valence-electron chi connectivity index (χ1n) is 10.9. The van der Waals surface area contributed by atoms with Gasteiger partial charge in [0.15, 0.2) is 0 Å². The maximum absolute atomic E-state index is 12.8. The molecular formula is C23H27ClN4O3. The molecule has 164 valence electrons. The van der Waals surface area contributed by atoms with Crippen LogP contribution >= 0.6 is 11.6 Å². The molecule has 3 atom stereocenters. The molecule has 1 aromatic carbocycles. The monoisotopic (exact) mass is 442 g/mol. The van der Waals surface area contributed by atoms with Gasteiger partial charge in [0.2, 0.25) is 11.8 Å². The summed E-state index contributed by atoms with van der Waals surface area (Å²) in [6.07, 6.45) is 9.85. The summed E-state index contributed by atoms with van der Waals surface area (Å²) in [5.41, 5.74) is 7.07. The minimum atomic E-state index is -0.866. The van der Waals surface area contributed by atoms with Crippen LogP contribution in [0.3, 0.4) is 0 Å². The van der Waals surface area contributed by atoms with Crippen LogP contribution in [0.4, 0.5) is 4.79 Å². The van der Waals surface area contributed by atoms with Gasteiger partial charge in [-0.15, -0.1) is 0 Å². The first kappa shape index (κ1) is 21.6. The highest BCUT2D eigenvalue weighted by atomic mass is 35.5. The average molecular weight is 443 g/mol. The van der Waals surface area contributed by atoms with Gasteiger partial charge >= 0.3 is 6.03 Å². The first-order chi connectivity index (χ1) is 14.9. The zero-order valence-corrected chi connectivity index (χ0v) is 18.0. The zero-order chi connectivity index (χ0) is 22.0. The lowest BCUT2D eigenvalue weighted by Crippen LogP contribution is -2.38. The normalized spacial score (nSPS) is 22.9. The van der Waals surface area contributed by atoms with Gasteiger partial charge in [-0.2, -0.15) is 0 Å². The highest BCUT2D eigenvalue weighted by Crippen LogP contribution is 2.41. The van der Waals surface area contributed by atoms with Gasteiger partial charge in [0.05, 0.1) is 5.02 Å². The summed E-state index contributed by atoms with van der Waals surface area (Å²) in [4.78, 5) is 43.4. The van der Waals surface area contributed by atoms with E-state index in [1.165, 1.54) is 12.8 Å². The molecule has 2 aliphatic carbocycles. The summed E-state index contributed by atoms with van der Waals surface area (Å²) in [5.74, 6) is -0.877. The van der Waals surface area contributed by atoms with Crippen molar-refractivity contribution in [3.8, 4) is 0 Å². The van der Waals surface area contributed by atoms with E-state index in [2.05, 4.69) is 15.3 Å². The van der Waals surface area contributed by atoms with Crippen LogP contribution in [0.1, 0.15) is 56.4 Å². The molecule has 4 N–H and O–H groups in total. The summed E-state index contributed by atoms with van der Waals surface area (Å²) < 4.78 is 0. The van der Waals surface area contributed by atoms with Crippen LogP contribution in [0.25, 0.3) is 10.9 Å². The van der Waals surface area contributed by atoms with Gasteiger partial charge in [-0.05, 0) is 55.7 Å². The second-order valence-electron chi connectivity index (χ2n) is 8.65. The number of aromatic amines is 1. The molecule has 0 aliphatic heterocycles. The summed E-state index contributed by atoms with van der Waals surface area (Å²) >= 11 is 6.50. The number of aliphatic imine (C=N–C) groups is 1. The standard InChI is InChI=1S/C23H27ClN4O3/c24-18-6-3-7-19-20(18)17(12-26-19)16(13-4-1-2-5-13)11-27-21(29)14-8-9-15(10-14)22(30)28-23(25)31/h3,6-7,11-16,26H,1-2,4-5,8-10H2,(H3,25,28,30,31)/t14-,15?,16?/m0/s1. The SMILES string of the molecule is NC(=O)NC(=O)C1CC[C@H](C(=O)N=CC(c2c[nH]c3cccc(Cl)c23)C2CCCC2)C1. The molecule has 0 bridgehead atoms. The third kappa shape index (κ3) is 4.66. The highest BCUT2D eigenvalue weighted by molar-refractivity contribution is 6.35. The van der Waals surface area contributed by atoms with Crippen molar-refractivity contribution in [2.45, 2.75) is 50.9 Å². The number of nitrogens with zero attached hydrogens (tertiary/aromatic N) is 1. The topological polar surface area (TPSA) is 117 Å². The van der Waals surface area contributed by atoms with Gasteiger partial charge in [-0.3, -0.25) is 14.9 Å². The van der Waals surface area contributed by atoms with Crippen LogP contribution in [0, 0.1) is 17.8 Å². The quantitative estimate of drug-likeness (QED) is 0.599. The fourth-order valence-corrected chi connectivity index (χ4v) is 5.41. The molecule has 4 rings (SSSR count). The van der Waals surface area contributed by atoms with E-state index in [1.54, 1.807) is 6.21 Å². The maximum atomic E-state index is 12.8. The second kappa shape index (κ2) is 9.22. The summed E-state index contributed by atoms with van der Waals surface area (Å²) in [5, 5.41) is 3.79. The van der Waals surface area contributed by atoms with Gasteiger partial charge in [-0.1, -0.05) is 30.5 Å². The largest absolute Gasteiger partial charge is 0.361 e. The number of amides is 4. The molecule has 1 heterocycles. The molecule has 2 fully saturated rings. The van der Waals surface area contributed by atoms with Crippen molar-refractivity contribution in [2.75, 3.05) is 0 Å². The Bertz CT molecular complexity index is 1020. The van der Waals surface area contributed by atoms with E-state index in [0.717, 1.165) is 29.3 Å². The number of rotatable bonds is 5. The molecular weight excluding hydrogens is 416 g/mol. The number of carbonyl (C=O) groups is 3. The predicted molar refractivity (Wildman–Crippen MR) is 120 cm³/mol. The van der Waals surface area contributed by atoms with E-state index in [4.69, 9.17) is 17.3 Å². The van der Waals surface area contributed by atoms with E-state index < -0.39 is 11.9 Å². The Morgan fingerprint density at radius 2 is 1.90 bits per heavy atom. The lowest BCUT2D eigenvalue weighted by Gasteiger charge is -2.19. The smallest absolute Gasteiger partial charge is 0.318 e. The number of nitrogens with two attached hydrogens (primary N) is 1. The zero-order valence-electron chi connectivity index (χ0n) is 17.3. The Morgan fingerprint density at radius 1 is 1.16 bits per heavy atom. The average Bonchev–Trinajstić information content (AvgIpc) is 3.49. The van der Waals surface area contributed by atoms with Crippen molar-refractivity contribution in [3.05, 3.63) is 35.0 Å². The summed E-state index contributed by atoms with van der Waals surface area (Å²) in [6.45, 7) is 0. The number of urea groups is 1. The van der Waals surface area contributed by atoms with Crippen LogP contribution in [-0.2, 0) is 9.59 Å². The Kier molecular flexibility index (Phi) is 6.41. The molecule has 2 unspecified atom stereocenters. The summed E-state index contributed by atoms with van der Waals surface area (Å²) in [6, 6.07) is 4.92. The Balaban J connectivity index is 1.52. The van der Waals surface area contributed by atoms with Crippen LogP contribution in [0.5, 0.6) is 0 Å². The number of carbonyl (C=O) groups excluding carboxylic acids is 3. The first-order valence-corrected chi connectivity index (χ1v) is 11.3. The number of primary amides is 1. The third-order valence-electron chi connectivity index (χ3n) is 6.71. The van der Waals surface area contributed by atoms with E-state index >= 15 is 0 Å². The number of nitrogens with one attached hydrogen (secondary N) is 2. The second-order valence-corrected chi connectivity index (χ2v) is 9.06. The molecule has 0 radical (unpaired) electrons. The molecule has 8 heteroatoms. The van der Waals surface area contributed by atoms with E-state index in [-0.39, 0.29) is 23.7 Å². The molecule has 0 saturated heterocycles. The van der Waals surface area contributed by atoms with Gasteiger partial charge in [-0.25, -0.2) is 9.79 Å².